The third kappa shape index (κ3) is 1.94. The van der Waals surface area contributed by atoms with Crippen molar-refractivity contribution in [2.75, 3.05) is 0 Å². The Morgan fingerprint density at radius 1 is 1.24 bits per heavy atom. The van der Waals surface area contributed by atoms with Crippen LogP contribution in [-0.4, -0.2) is 25.8 Å². The molecule has 2 rings (SSSR count). The zero-order valence-electron chi connectivity index (χ0n) is 8.23. The summed E-state index contributed by atoms with van der Waals surface area (Å²) in [5, 5.41) is 13.2. The second-order valence-corrected chi connectivity index (χ2v) is 4.08. The summed E-state index contributed by atoms with van der Waals surface area (Å²) < 4.78 is 1.26. The average Bonchev–Trinajstić information content (AvgIpc) is 2.59. The van der Waals surface area contributed by atoms with Crippen molar-refractivity contribution >= 4 is 21.9 Å². The maximum Gasteiger partial charge on any atom is 0.349 e. The molecular formula is C9H6BrN3O4. The quantitative estimate of drug-likeness (QED) is 0.742. The van der Waals surface area contributed by atoms with Crippen LogP contribution in [0.3, 0.4) is 0 Å². The number of halogens is 1. The van der Waals surface area contributed by atoms with Crippen LogP contribution in [0.5, 0.6) is 0 Å². The Labute approximate surface area is 102 Å². The molecule has 0 spiro atoms. The normalized spacial score (nSPS) is 10.4. The van der Waals surface area contributed by atoms with E-state index in [1.54, 1.807) is 6.07 Å². The van der Waals surface area contributed by atoms with Gasteiger partial charge in [-0.3, -0.25) is 0 Å². The van der Waals surface area contributed by atoms with Crippen molar-refractivity contribution in [3.63, 3.8) is 0 Å². The lowest BCUT2D eigenvalue weighted by atomic mass is 10.2. The standard InChI is InChI=1S/C9H6BrN3O4/c10-4-1-2-6(5(3-4)7(14)15)13-8(16)11-12-9(13)17/h1-3H,(H,11,16)(H,12,17)(H,14,15). The van der Waals surface area contributed by atoms with Gasteiger partial charge in [0.05, 0.1) is 11.3 Å². The fourth-order valence-electron chi connectivity index (χ4n) is 1.40. The molecule has 2 aromatic rings. The molecule has 1 heterocycles. The van der Waals surface area contributed by atoms with Crippen LogP contribution in [0.1, 0.15) is 10.4 Å². The zero-order valence-corrected chi connectivity index (χ0v) is 9.82. The molecule has 3 N–H and O–H groups in total. The van der Waals surface area contributed by atoms with E-state index in [0.29, 0.717) is 4.47 Å². The van der Waals surface area contributed by atoms with Crippen LogP contribution in [0.15, 0.2) is 32.3 Å². The molecule has 0 aliphatic heterocycles. The number of benzene rings is 1. The van der Waals surface area contributed by atoms with Crippen LogP contribution in [0.2, 0.25) is 0 Å². The van der Waals surface area contributed by atoms with E-state index in [1.807, 2.05) is 0 Å². The van der Waals surface area contributed by atoms with Crippen LogP contribution in [-0.2, 0) is 0 Å². The van der Waals surface area contributed by atoms with Gasteiger partial charge in [-0.15, -0.1) is 0 Å². The highest BCUT2D eigenvalue weighted by atomic mass is 79.9. The maximum atomic E-state index is 11.4. The lowest BCUT2D eigenvalue weighted by Crippen LogP contribution is -2.26. The smallest absolute Gasteiger partial charge is 0.349 e. The van der Waals surface area contributed by atoms with E-state index in [-0.39, 0.29) is 11.3 Å². The Bertz CT molecular complexity index is 669. The minimum absolute atomic E-state index is 0.00759. The van der Waals surface area contributed by atoms with Crippen molar-refractivity contribution in [1.82, 2.24) is 14.8 Å². The molecule has 1 aromatic carbocycles. The molecule has 0 radical (unpaired) electrons. The summed E-state index contributed by atoms with van der Waals surface area (Å²) in [6.07, 6.45) is 0. The molecule has 17 heavy (non-hydrogen) atoms. The molecule has 0 fully saturated rings. The van der Waals surface area contributed by atoms with Crippen molar-refractivity contribution in [1.29, 1.82) is 0 Å². The molecule has 0 saturated heterocycles. The topological polar surface area (TPSA) is 108 Å². The molecule has 0 unspecified atom stereocenters. The number of rotatable bonds is 2. The summed E-state index contributed by atoms with van der Waals surface area (Å²) in [7, 11) is 0. The number of hydrogen-bond acceptors (Lipinski definition) is 3. The lowest BCUT2D eigenvalue weighted by Gasteiger charge is -2.04. The van der Waals surface area contributed by atoms with Gasteiger partial charge in [-0.2, -0.15) is 0 Å². The number of nitrogens with zero attached hydrogens (tertiary/aromatic N) is 1. The van der Waals surface area contributed by atoms with Gasteiger partial charge >= 0.3 is 17.3 Å². The van der Waals surface area contributed by atoms with Gasteiger partial charge in [0.2, 0.25) is 0 Å². The highest BCUT2D eigenvalue weighted by molar-refractivity contribution is 9.10. The minimum Gasteiger partial charge on any atom is -0.478 e. The van der Waals surface area contributed by atoms with Crippen LogP contribution in [0.25, 0.3) is 5.69 Å². The van der Waals surface area contributed by atoms with Crippen molar-refractivity contribution < 1.29 is 9.90 Å². The van der Waals surface area contributed by atoms with Crippen molar-refractivity contribution in [3.05, 3.63) is 49.2 Å². The van der Waals surface area contributed by atoms with Crippen LogP contribution < -0.4 is 11.4 Å². The van der Waals surface area contributed by atoms with Gasteiger partial charge < -0.3 is 5.11 Å². The highest BCUT2D eigenvalue weighted by Gasteiger charge is 2.15. The first-order valence-corrected chi connectivity index (χ1v) is 5.23. The second-order valence-electron chi connectivity index (χ2n) is 3.16. The summed E-state index contributed by atoms with van der Waals surface area (Å²) in [5.41, 5.74) is -1.58. The lowest BCUT2D eigenvalue weighted by molar-refractivity contribution is 0.0697. The molecule has 0 atom stereocenters. The number of aromatic amines is 2. The van der Waals surface area contributed by atoms with Gasteiger partial charge in [0, 0.05) is 4.47 Å². The minimum atomic E-state index is -1.23. The van der Waals surface area contributed by atoms with E-state index in [4.69, 9.17) is 5.11 Å². The Morgan fingerprint density at radius 3 is 2.35 bits per heavy atom. The molecule has 0 aliphatic rings. The fraction of sp³-hybridized carbons (Fsp3) is 0. The SMILES string of the molecule is O=C(O)c1cc(Br)ccc1-n1c(=O)[nH][nH]c1=O. The maximum absolute atomic E-state index is 11.4. The summed E-state index contributed by atoms with van der Waals surface area (Å²) in [6, 6.07) is 4.23. The van der Waals surface area contributed by atoms with Gasteiger partial charge in [-0.1, -0.05) is 15.9 Å². The Morgan fingerprint density at radius 2 is 1.82 bits per heavy atom. The van der Waals surface area contributed by atoms with Gasteiger partial charge in [0.15, 0.2) is 0 Å². The van der Waals surface area contributed by atoms with E-state index >= 15 is 0 Å². The summed E-state index contributed by atoms with van der Waals surface area (Å²) >= 11 is 3.12. The first kappa shape index (κ1) is 11.4. The zero-order chi connectivity index (χ0) is 12.6. The van der Waals surface area contributed by atoms with E-state index in [1.165, 1.54) is 12.1 Å². The van der Waals surface area contributed by atoms with Crippen LogP contribution in [0, 0.1) is 0 Å². The van der Waals surface area contributed by atoms with Gasteiger partial charge in [-0.05, 0) is 18.2 Å². The Hall–Kier alpha value is -2.09. The molecule has 0 saturated carbocycles. The number of H-pyrrole nitrogens is 2. The summed E-state index contributed by atoms with van der Waals surface area (Å²) in [6.45, 7) is 0. The first-order valence-electron chi connectivity index (χ1n) is 4.43. The third-order valence-electron chi connectivity index (χ3n) is 2.11. The number of aromatic carboxylic acids is 1. The Balaban J connectivity index is 2.81. The van der Waals surface area contributed by atoms with E-state index in [0.717, 1.165) is 4.57 Å². The van der Waals surface area contributed by atoms with Gasteiger partial charge in [0.25, 0.3) is 0 Å². The molecule has 0 aliphatic carbocycles. The fourth-order valence-corrected chi connectivity index (χ4v) is 1.77. The van der Waals surface area contributed by atoms with Gasteiger partial charge in [-0.25, -0.2) is 29.1 Å². The number of carboxylic acid groups (broad SMARTS) is 1. The predicted octanol–water partition coefficient (Wildman–Crippen LogP) is 0.315. The van der Waals surface area contributed by atoms with Crippen molar-refractivity contribution in [2.45, 2.75) is 0 Å². The van der Waals surface area contributed by atoms with E-state index < -0.39 is 17.3 Å². The monoisotopic (exact) mass is 299 g/mol. The van der Waals surface area contributed by atoms with Crippen LogP contribution >= 0.6 is 15.9 Å². The van der Waals surface area contributed by atoms with Gasteiger partial charge in [0.1, 0.15) is 0 Å². The molecule has 0 bridgehead atoms. The number of aromatic nitrogens is 3. The Kier molecular flexibility index (Phi) is 2.72. The number of carbonyl (C=O) groups is 1. The summed E-state index contributed by atoms with van der Waals surface area (Å²) in [5.74, 6) is -1.23. The van der Waals surface area contributed by atoms with E-state index in [2.05, 4.69) is 26.1 Å². The third-order valence-corrected chi connectivity index (χ3v) is 2.61. The van der Waals surface area contributed by atoms with Crippen molar-refractivity contribution in [2.24, 2.45) is 0 Å². The number of hydrogen-bond donors (Lipinski definition) is 3. The van der Waals surface area contributed by atoms with Crippen molar-refractivity contribution in [3.8, 4) is 5.69 Å². The average molecular weight is 300 g/mol. The number of carboxylic acids is 1. The molecular weight excluding hydrogens is 294 g/mol. The molecule has 0 amide bonds. The molecule has 88 valence electrons. The molecule has 1 aromatic heterocycles. The summed E-state index contributed by atoms with van der Waals surface area (Å²) in [4.78, 5) is 33.8. The number of nitrogens with one attached hydrogen (secondary N) is 2. The predicted molar refractivity (Wildman–Crippen MR) is 61.7 cm³/mol. The largest absolute Gasteiger partial charge is 0.478 e. The first-order chi connectivity index (χ1) is 8.00. The molecule has 8 heteroatoms. The van der Waals surface area contributed by atoms with Crippen LogP contribution in [0.4, 0.5) is 0 Å². The molecule has 7 nitrogen and oxygen atoms in total. The van der Waals surface area contributed by atoms with E-state index in [9.17, 15) is 14.4 Å². The highest BCUT2D eigenvalue weighted by Crippen LogP contribution is 2.18. The second kappa shape index (κ2) is 4.06.